The second kappa shape index (κ2) is 9.65. The zero-order chi connectivity index (χ0) is 20.2. The largest absolute Gasteiger partial charge is 0.394 e. The minimum Gasteiger partial charge on any atom is -0.394 e. The standard InChI is InChI=1S/C15H26O12/c1-2-3-23-24-5-8-9(18)11(20)12(21)14(25-8)27-15(6-17)13(22)10(19)7(4-16)26-15/h2,7-14,16-22H,1,3-6H2/t7-,8-,9-,10-,11+,12-,13+,14-,15+/m1/s1. The highest BCUT2D eigenvalue weighted by Crippen LogP contribution is 2.35. The van der Waals surface area contributed by atoms with Gasteiger partial charge in [0.1, 0.15) is 62.5 Å². The number of hydrogen-bond donors (Lipinski definition) is 7. The van der Waals surface area contributed by atoms with Gasteiger partial charge in [0.15, 0.2) is 6.29 Å². The van der Waals surface area contributed by atoms with E-state index in [1.165, 1.54) is 6.08 Å². The Balaban J connectivity index is 2.09. The first-order chi connectivity index (χ1) is 12.8. The summed E-state index contributed by atoms with van der Waals surface area (Å²) in [5.74, 6) is -2.23. The molecule has 0 aliphatic carbocycles. The molecule has 0 unspecified atom stereocenters. The van der Waals surface area contributed by atoms with Crippen molar-refractivity contribution in [2.24, 2.45) is 0 Å². The minimum atomic E-state index is -2.23. The van der Waals surface area contributed by atoms with Gasteiger partial charge in [0.25, 0.3) is 0 Å². The number of aliphatic hydroxyl groups excluding tert-OH is 7. The Kier molecular flexibility index (Phi) is 8.05. The molecule has 0 aromatic heterocycles. The molecule has 0 aromatic carbocycles. The monoisotopic (exact) mass is 398 g/mol. The van der Waals surface area contributed by atoms with Crippen LogP contribution in [0.5, 0.6) is 0 Å². The molecule has 2 aliphatic rings. The van der Waals surface area contributed by atoms with E-state index in [-0.39, 0.29) is 13.2 Å². The van der Waals surface area contributed by atoms with Gasteiger partial charge in [-0.2, -0.15) is 0 Å². The maximum atomic E-state index is 10.1. The van der Waals surface area contributed by atoms with E-state index in [2.05, 4.69) is 6.58 Å². The summed E-state index contributed by atoms with van der Waals surface area (Å²) in [7, 11) is 0. The molecule has 12 heteroatoms. The molecule has 9 atom stereocenters. The van der Waals surface area contributed by atoms with Crippen LogP contribution in [0.1, 0.15) is 0 Å². The van der Waals surface area contributed by atoms with Gasteiger partial charge in [-0.05, 0) is 0 Å². The topological polar surface area (TPSA) is 188 Å². The van der Waals surface area contributed by atoms with Gasteiger partial charge in [-0.25, -0.2) is 9.78 Å². The van der Waals surface area contributed by atoms with E-state index >= 15 is 0 Å². The quantitative estimate of drug-likeness (QED) is 0.0859. The molecule has 0 amide bonds. The van der Waals surface area contributed by atoms with Gasteiger partial charge >= 0.3 is 0 Å². The third-order valence-corrected chi connectivity index (χ3v) is 4.39. The van der Waals surface area contributed by atoms with E-state index in [0.29, 0.717) is 0 Å². The molecular weight excluding hydrogens is 372 g/mol. The van der Waals surface area contributed by atoms with Gasteiger partial charge in [-0.15, -0.1) is 6.58 Å². The summed E-state index contributed by atoms with van der Waals surface area (Å²) >= 11 is 0. The van der Waals surface area contributed by atoms with E-state index in [4.69, 9.17) is 24.0 Å². The molecule has 0 spiro atoms. The molecule has 0 saturated carbocycles. The van der Waals surface area contributed by atoms with Crippen molar-refractivity contribution < 1.29 is 59.7 Å². The lowest BCUT2D eigenvalue weighted by atomic mass is 9.99. The molecule has 158 valence electrons. The second-order valence-electron chi connectivity index (χ2n) is 6.23. The first kappa shape index (κ1) is 22.5. The van der Waals surface area contributed by atoms with Crippen molar-refractivity contribution in [2.75, 3.05) is 26.4 Å². The first-order valence-corrected chi connectivity index (χ1v) is 8.29. The molecule has 2 heterocycles. The maximum Gasteiger partial charge on any atom is 0.224 e. The van der Waals surface area contributed by atoms with Crippen LogP contribution in [-0.2, 0) is 24.0 Å². The van der Waals surface area contributed by atoms with Crippen LogP contribution in [0, 0.1) is 0 Å². The molecule has 0 aromatic rings. The second-order valence-corrected chi connectivity index (χ2v) is 6.23. The zero-order valence-electron chi connectivity index (χ0n) is 14.4. The lowest BCUT2D eigenvalue weighted by molar-refractivity contribution is -0.394. The first-order valence-electron chi connectivity index (χ1n) is 8.29. The SMILES string of the molecule is C=CCOOC[C@H]1O[C@H](O[C@]2(CO)O[C@H](CO)[C@@H](O)[C@@H]2O)[C@H](O)[C@@H](O)[C@@H]1O. The average molecular weight is 398 g/mol. The van der Waals surface area contributed by atoms with Crippen LogP contribution in [0.4, 0.5) is 0 Å². The Morgan fingerprint density at radius 1 is 0.926 bits per heavy atom. The molecule has 7 N–H and O–H groups in total. The van der Waals surface area contributed by atoms with Crippen LogP contribution in [0.2, 0.25) is 0 Å². The minimum absolute atomic E-state index is 0.0576. The van der Waals surface area contributed by atoms with Crippen LogP contribution in [0.15, 0.2) is 12.7 Å². The van der Waals surface area contributed by atoms with Gasteiger partial charge < -0.3 is 50.0 Å². The summed E-state index contributed by atoms with van der Waals surface area (Å²) < 4.78 is 15.9. The molecule has 2 aliphatic heterocycles. The lowest BCUT2D eigenvalue weighted by Gasteiger charge is -2.43. The molecular formula is C15H26O12. The van der Waals surface area contributed by atoms with Gasteiger partial charge in [0, 0.05) is 0 Å². The van der Waals surface area contributed by atoms with Crippen LogP contribution in [0.25, 0.3) is 0 Å². The summed E-state index contributed by atoms with van der Waals surface area (Å²) in [6, 6.07) is 0. The van der Waals surface area contributed by atoms with Crippen LogP contribution in [0.3, 0.4) is 0 Å². The van der Waals surface area contributed by atoms with E-state index in [1.54, 1.807) is 0 Å². The Morgan fingerprint density at radius 2 is 1.63 bits per heavy atom. The summed E-state index contributed by atoms with van der Waals surface area (Å²) in [4.78, 5) is 9.51. The third kappa shape index (κ3) is 4.64. The fraction of sp³-hybridized carbons (Fsp3) is 0.867. The predicted molar refractivity (Wildman–Crippen MR) is 83.7 cm³/mol. The van der Waals surface area contributed by atoms with E-state index in [9.17, 15) is 35.7 Å². The normalized spacial score (nSPS) is 45.1. The summed E-state index contributed by atoms with van der Waals surface area (Å²) in [6.07, 6.45) is -11.1. The Bertz CT molecular complexity index is 478. The predicted octanol–water partition coefficient (Wildman–Crippen LogP) is -4.25. The van der Waals surface area contributed by atoms with Crippen LogP contribution < -0.4 is 0 Å². The fourth-order valence-corrected chi connectivity index (χ4v) is 2.83. The van der Waals surface area contributed by atoms with Gasteiger partial charge in [-0.3, -0.25) is 0 Å². The van der Waals surface area contributed by atoms with Crippen molar-refractivity contribution in [2.45, 2.75) is 54.8 Å². The van der Waals surface area contributed by atoms with Crippen molar-refractivity contribution in [1.29, 1.82) is 0 Å². The molecule has 27 heavy (non-hydrogen) atoms. The highest BCUT2D eigenvalue weighted by molar-refractivity contribution is 4.98. The smallest absolute Gasteiger partial charge is 0.224 e. The van der Waals surface area contributed by atoms with Gasteiger partial charge in [0.2, 0.25) is 5.79 Å². The van der Waals surface area contributed by atoms with Crippen LogP contribution >= 0.6 is 0 Å². The third-order valence-electron chi connectivity index (χ3n) is 4.39. The Hall–Kier alpha value is -0.740. The molecule has 0 radical (unpaired) electrons. The molecule has 0 bridgehead atoms. The lowest BCUT2D eigenvalue weighted by Crippen LogP contribution is -2.62. The van der Waals surface area contributed by atoms with E-state index in [0.717, 1.165) is 0 Å². The molecule has 12 nitrogen and oxygen atoms in total. The zero-order valence-corrected chi connectivity index (χ0v) is 14.4. The number of ether oxygens (including phenoxy) is 3. The van der Waals surface area contributed by atoms with Crippen molar-refractivity contribution in [3.05, 3.63) is 12.7 Å². The average Bonchev–Trinajstić information content (AvgIpc) is 2.91. The van der Waals surface area contributed by atoms with Crippen molar-refractivity contribution >= 4 is 0 Å². The Labute approximate surface area is 154 Å². The van der Waals surface area contributed by atoms with Gasteiger partial charge in [-0.1, -0.05) is 6.08 Å². The van der Waals surface area contributed by atoms with Crippen molar-refractivity contribution in [3.8, 4) is 0 Å². The maximum absolute atomic E-state index is 10.1. The summed E-state index contributed by atoms with van der Waals surface area (Å²) in [5, 5.41) is 68.9. The number of rotatable bonds is 9. The number of hydrogen-bond acceptors (Lipinski definition) is 12. The van der Waals surface area contributed by atoms with Gasteiger partial charge in [0.05, 0.1) is 6.61 Å². The van der Waals surface area contributed by atoms with E-state index in [1.807, 2.05) is 0 Å². The highest BCUT2D eigenvalue weighted by atomic mass is 17.2. The van der Waals surface area contributed by atoms with Crippen molar-refractivity contribution in [1.82, 2.24) is 0 Å². The molecule has 2 saturated heterocycles. The Morgan fingerprint density at radius 3 is 2.19 bits per heavy atom. The number of aliphatic hydroxyl groups is 7. The van der Waals surface area contributed by atoms with Crippen molar-refractivity contribution in [3.63, 3.8) is 0 Å². The fourth-order valence-electron chi connectivity index (χ4n) is 2.83. The van der Waals surface area contributed by atoms with E-state index < -0.39 is 68.0 Å². The molecule has 2 rings (SSSR count). The highest BCUT2D eigenvalue weighted by Gasteiger charge is 2.58. The van der Waals surface area contributed by atoms with Crippen LogP contribution in [-0.4, -0.2) is 117 Å². The summed E-state index contributed by atoms with van der Waals surface area (Å²) in [6.45, 7) is 1.49. The summed E-state index contributed by atoms with van der Waals surface area (Å²) in [5.41, 5.74) is 0. The molecule has 2 fully saturated rings.